The summed E-state index contributed by atoms with van der Waals surface area (Å²) < 4.78 is 61.0. The molecule has 2 aliphatic rings. The topological polar surface area (TPSA) is 127 Å². The first kappa shape index (κ1) is 32.4. The van der Waals surface area contributed by atoms with Crippen molar-refractivity contribution in [1.82, 2.24) is 14.9 Å². The fourth-order valence-electron chi connectivity index (χ4n) is 5.18. The molecule has 0 atom stereocenters. The third-order valence-electron chi connectivity index (χ3n) is 7.71. The number of halogens is 3. The summed E-state index contributed by atoms with van der Waals surface area (Å²) >= 11 is 2.95. The number of benzene rings is 1. The summed E-state index contributed by atoms with van der Waals surface area (Å²) in [6, 6.07) is 11.4. The van der Waals surface area contributed by atoms with Crippen LogP contribution in [0.2, 0.25) is 0 Å². The second-order valence-electron chi connectivity index (χ2n) is 11.0. The zero-order valence-corrected chi connectivity index (χ0v) is 26.1. The molecule has 0 amide bonds. The highest BCUT2D eigenvalue weighted by Crippen LogP contribution is 2.39. The number of anilines is 1. The highest BCUT2D eigenvalue weighted by atomic mass is 32.2. The van der Waals surface area contributed by atoms with Gasteiger partial charge in [-0.2, -0.15) is 13.2 Å². The van der Waals surface area contributed by atoms with Gasteiger partial charge in [0.2, 0.25) is 0 Å². The number of rotatable bonds is 10. The van der Waals surface area contributed by atoms with Crippen LogP contribution in [0.3, 0.4) is 0 Å². The van der Waals surface area contributed by atoms with E-state index in [1.807, 2.05) is 29.8 Å². The van der Waals surface area contributed by atoms with Crippen LogP contribution in [-0.4, -0.2) is 71.9 Å². The normalized spacial score (nSPS) is 16.5. The predicted octanol–water partition coefficient (Wildman–Crippen LogP) is 6.19. The summed E-state index contributed by atoms with van der Waals surface area (Å²) in [6.45, 7) is 3.80. The van der Waals surface area contributed by atoms with E-state index in [1.54, 1.807) is 27.8 Å². The lowest BCUT2D eigenvalue weighted by Crippen LogP contribution is -2.33. The number of aliphatic hydroxyl groups excluding tert-OH is 1. The van der Waals surface area contributed by atoms with E-state index in [2.05, 4.69) is 16.0 Å². The molecule has 6 rings (SSSR count). The Morgan fingerprint density at radius 1 is 1.11 bits per heavy atom. The number of thiophene rings is 1. The van der Waals surface area contributed by atoms with Crippen molar-refractivity contribution < 1.29 is 36.6 Å². The molecule has 1 aliphatic carbocycles. The van der Waals surface area contributed by atoms with Gasteiger partial charge in [-0.3, -0.25) is 9.21 Å². The van der Waals surface area contributed by atoms with Crippen molar-refractivity contribution in [2.75, 3.05) is 30.5 Å². The minimum atomic E-state index is -5.08. The molecule has 0 unspecified atom stereocenters. The number of fused-ring (bicyclic) bond motifs is 1. The molecule has 3 N–H and O–H groups in total. The van der Waals surface area contributed by atoms with E-state index in [0.717, 1.165) is 73.3 Å². The highest BCUT2D eigenvalue weighted by molar-refractivity contribution is 7.94. The number of H-pyrrole nitrogens is 1. The number of nitrogens with one attached hydrogen (secondary N) is 1. The Hall–Kier alpha value is -2.98. The average molecular weight is 671 g/mol. The first-order valence-electron chi connectivity index (χ1n) is 14.2. The second kappa shape index (κ2) is 13.6. The first-order valence-corrected chi connectivity index (χ1v) is 17.4. The molecule has 4 aromatic rings. The molecule has 15 heteroatoms. The summed E-state index contributed by atoms with van der Waals surface area (Å²) in [5.74, 6) is -1.70. The molecule has 1 aliphatic heterocycles. The number of carboxylic acids is 1. The van der Waals surface area contributed by atoms with Gasteiger partial charge in [-0.05, 0) is 80.6 Å². The van der Waals surface area contributed by atoms with Crippen LogP contribution in [0.1, 0.15) is 37.0 Å². The number of likely N-dealkylation sites (tertiary alicyclic amines) is 1. The summed E-state index contributed by atoms with van der Waals surface area (Å²) in [4.78, 5) is 20.8. The van der Waals surface area contributed by atoms with Crippen molar-refractivity contribution in [1.29, 1.82) is 0 Å². The van der Waals surface area contributed by atoms with E-state index in [4.69, 9.17) is 14.9 Å². The summed E-state index contributed by atoms with van der Waals surface area (Å²) in [5.41, 5.74) is 2.45. The number of nitrogens with zero attached hydrogens (tertiary/aromatic N) is 3. The second-order valence-corrected chi connectivity index (χ2v) is 15.2. The van der Waals surface area contributed by atoms with Crippen LogP contribution in [0.25, 0.3) is 21.6 Å². The van der Waals surface area contributed by atoms with Crippen molar-refractivity contribution in [3.05, 3.63) is 52.9 Å². The minimum Gasteiger partial charge on any atom is -0.475 e. The number of aliphatic hydroxyl groups is 1. The van der Waals surface area contributed by atoms with Crippen molar-refractivity contribution in [2.45, 2.75) is 49.0 Å². The van der Waals surface area contributed by atoms with Crippen LogP contribution in [-0.2, 0) is 21.4 Å². The van der Waals surface area contributed by atoms with E-state index in [-0.39, 0.29) is 6.61 Å². The predicted molar refractivity (Wildman–Crippen MR) is 164 cm³/mol. The number of aromatic amines is 1. The quantitative estimate of drug-likeness (QED) is 0.184. The molecule has 0 radical (unpaired) electrons. The zero-order chi connectivity index (χ0) is 31.5. The van der Waals surface area contributed by atoms with Crippen LogP contribution in [0.15, 0.2) is 52.2 Å². The third-order valence-corrected chi connectivity index (χ3v) is 11.9. The largest absolute Gasteiger partial charge is 0.490 e. The number of hydrogen-bond donors (Lipinski definition) is 3. The third kappa shape index (κ3) is 7.80. The number of hydrogen-bond acceptors (Lipinski definition) is 8. The number of piperidine rings is 1. The molecule has 9 nitrogen and oxygen atoms in total. The van der Waals surface area contributed by atoms with Gasteiger partial charge in [0.05, 0.1) is 16.9 Å². The average Bonchev–Trinajstić information content (AvgIpc) is 3.36. The van der Waals surface area contributed by atoms with Crippen molar-refractivity contribution in [3.8, 4) is 10.7 Å². The van der Waals surface area contributed by atoms with Crippen molar-refractivity contribution >= 4 is 55.3 Å². The van der Waals surface area contributed by atoms with Gasteiger partial charge in [0, 0.05) is 36.2 Å². The van der Waals surface area contributed by atoms with Gasteiger partial charge in [0.1, 0.15) is 9.22 Å². The summed E-state index contributed by atoms with van der Waals surface area (Å²) in [7, 11) is -3.63. The Labute approximate surface area is 261 Å². The number of carbonyl (C=O) groups is 1. The molecule has 3 aromatic heterocycles. The lowest BCUT2D eigenvalue weighted by Gasteiger charge is -2.31. The van der Waals surface area contributed by atoms with Crippen LogP contribution >= 0.6 is 22.7 Å². The molecule has 1 saturated carbocycles. The number of aromatic nitrogens is 2. The maximum Gasteiger partial charge on any atom is 0.490 e. The number of sulfonamides is 1. The van der Waals surface area contributed by atoms with Crippen LogP contribution < -0.4 is 4.31 Å². The van der Waals surface area contributed by atoms with E-state index in [1.165, 1.54) is 16.2 Å². The number of carboxylic acid groups (broad SMARTS) is 1. The van der Waals surface area contributed by atoms with E-state index in [9.17, 15) is 26.7 Å². The Bertz CT molecular complexity index is 1660. The van der Waals surface area contributed by atoms with Gasteiger partial charge in [-0.15, -0.1) is 22.7 Å². The molecule has 1 aromatic carbocycles. The molecule has 4 heterocycles. The highest BCUT2D eigenvalue weighted by Gasteiger charge is 2.38. The molecular formula is C29H33F3N4O5S3. The summed E-state index contributed by atoms with van der Waals surface area (Å²) in [6.07, 6.45) is 2.22. The zero-order valence-electron chi connectivity index (χ0n) is 23.7. The standard InChI is InChI=1S/C27H32N4O3S3.C2HF3O2/c32-13-10-19-8-11-30(12-9-19)18-22-16-28-27(36-22)23-15-21-3-1-4-24(26(21)29-23)31(17-20-6-7-20)37(33,34)25-5-2-14-35-25;3-2(4,5)1(6)7/h1-5,14-16,19-20,29,32H,6-13,17-18H2;(H,6,7). The Balaban J connectivity index is 0.000000493. The lowest BCUT2D eigenvalue weighted by atomic mass is 9.94. The van der Waals surface area contributed by atoms with Gasteiger partial charge in [-0.1, -0.05) is 18.2 Å². The molecule has 238 valence electrons. The maximum absolute atomic E-state index is 13.6. The lowest BCUT2D eigenvalue weighted by molar-refractivity contribution is -0.192. The smallest absolute Gasteiger partial charge is 0.475 e. The van der Waals surface area contributed by atoms with Gasteiger partial charge in [0.15, 0.2) is 0 Å². The Morgan fingerprint density at radius 3 is 2.45 bits per heavy atom. The van der Waals surface area contributed by atoms with Gasteiger partial charge < -0.3 is 15.2 Å². The van der Waals surface area contributed by atoms with Crippen LogP contribution in [0, 0.1) is 11.8 Å². The number of aliphatic carboxylic acids is 1. The van der Waals surface area contributed by atoms with Gasteiger partial charge in [-0.25, -0.2) is 18.2 Å². The van der Waals surface area contributed by atoms with E-state index >= 15 is 0 Å². The first-order chi connectivity index (χ1) is 21.0. The molecule has 44 heavy (non-hydrogen) atoms. The Morgan fingerprint density at radius 2 is 1.84 bits per heavy atom. The Kier molecular flexibility index (Phi) is 9.99. The number of para-hydroxylation sites is 1. The molecule has 0 bridgehead atoms. The van der Waals surface area contributed by atoms with Crippen LogP contribution in [0.4, 0.5) is 18.9 Å². The fraction of sp³-hybridized carbons (Fsp3) is 0.448. The fourth-order valence-corrected chi connectivity index (χ4v) is 8.77. The van der Waals surface area contributed by atoms with Gasteiger partial charge in [0.25, 0.3) is 10.0 Å². The van der Waals surface area contributed by atoms with Crippen molar-refractivity contribution in [3.63, 3.8) is 0 Å². The van der Waals surface area contributed by atoms with Gasteiger partial charge >= 0.3 is 12.1 Å². The minimum absolute atomic E-state index is 0.285. The molecular weight excluding hydrogens is 638 g/mol. The number of thiazole rings is 1. The summed E-state index contributed by atoms with van der Waals surface area (Å²) in [5, 5.41) is 20.0. The molecule has 2 fully saturated rings. The van der Waals surface area contributed by atoms with Crippen molar-refractivity contribution in [2.24, 2.45) is 11.8 Å². The van der Waals surface area contributed by atoms with E-state index < -0.39 is 22.2 Å². The SMILES string of the molecule is O=C(O)C(F)(F)F.O=S(=O)(c1cccs1)N(CC1CC1)c1cccc2cc(-c3ncc(CN4CCC(CCO)CC4)s3)[nH]c12. The molecule has 1 saturated heterocycles. The monoisotopic (exact) mass is 670 g/mol. The number of alkyl halides is 3. The maximum atomic E-state index is 13.6. The molecule has 0 spiro atoms. The van der Waals surface area contributed by atoms with Crippen LogP contribution in [0.5, 0.6) is 0 Å². The van der Waals surface area contributed by atoms with E-state index in [0.29, 0.717) is 28.3 Å².